The summed E-state index contributed by atoms with van der Waals surface area (Å²) in [4.78, 5) is 16.7. The molecule has 0 saturated carbocycles. The molecule has 1 aromatic rings. The number of hydrogen-bond donors (Lipinski definition) is 2. The highest BCUT2D eigenvalue weighted by molar-refractivity contribution is 5.86. The van der Waals surface area contributed by atoms with Crippen LogP contribution in [0.1, 0.15) is 19.8 Å². The summed E-state index contributed by atoms with van der Waals surface area (Å²) in [5, 5.41) is 13.3. The summed E-state index contributed by atoms with van der Waals surface area (Å²) in [6.07, 6.45) is 1.99. The van der Waals surface area contributed by atoms with Crippen LogP contribution in [0, 0.1) is 0 Å². The molecule has 3 rings (SSSR count). The van der Waals surface area contributed by atoms with Crippen LogP contribution in [0.25, 0.3) is 0 Å². The van der Waals surface area contributed by atoms with Crippen molar-refractivity contribution < 1.29 is 9.90 Å². The molecule has 0 aromatic heterocycles. The highest BCUT2D eigenvalue weighted by Gasteiger charge is 2.39. The van der Waals surface area contributed by atoms with Gasteiger partial charge in [-0.05, 0) is 38.4 Å². The number of carbonyl (C=O) groups excluding carboxylic acids is 1. The van der Waals surface area contributed by atoms with E-state index in [0.717, 1.165) is 38.2 Å². The number of phenols is 1. The van der Waals surface area contributed by atoms with Gasteiger partial charge in [0.1, 0.15) is 5.75 Å². The van der Waals surface area contributed by atoms with Gasteiger partial charge in [0.25, 0.3) is 0 Å². The number of rotatable bonds is 2. The van der Waals surface area contributed by atoms with E-state index in [1.165, 1.54) is 0 Å². The molecule has 2 aliphatic rings. The van der Waals surface area contributed by atoms with Gasteiger partial charge in [0.15, 0.2) is 0 Å². The van der Waals surface area contributed by atoms with Crippen LogP contribution in [0.5, 0.6) is 5.75 Å². The Hall–Kier alpha value is -1.75. The van der Waals surface area contributed by atoms with Crippen molar-refractivity contribution in [1.29, 1.82) is 0 Å². The van der Waals surface area contributed by atoms with Gasteiger partial charge < -0.3 is 20.2 Å². The minimum atomic E-state index is -0.378. The van der Waals surface area contributed by atoms with E-state index in [1.54, 1.807) is 6.07 Å². The van der Waals surface area contributed by atoms with E-state index in [2.05, 4.69) is 10.2 Å². The van der Waals surface area contributed by atoms with Crippen molar-refractivity contribution in [2.24, 2.45) is 0 Å². The van der Waals surface area contributed by atoms with Crippen LogP contribution in [0.2, 0.25) is 0 Å². The molecule has 114 valence electrons. The standard InChI is InChI=1S/C16H23N3O2/c1-16(7-4-8-17-16)15(21)19-11-9-18(10-12-19)13-5-2-3-6-14(13)20/h2-3,5-6,17,20H,4,7-12H2,1H3. The number of phenolic OH excluding ortho intramolecular Hbond substituents is 1. The molecule has 5 nitrogen and oxygen atoms in total. The van der Waals surface area contributed by atoms with E-state index >= 15 is 0 Å². The Bertz CT molecular complexity index is 518. The van der Waals surface area contributed by atoms with Gasteiger partial charge in [-0.15, -0.1) is 0 Å². The molecular weight excluding hydrogens is 266 g/mol. The van der Waals surface area contributed by atoms with Gasteiger partial charge in [0, 0.05) is 26.2 Å². The Labute approximate surface area is 125 Å². The summed E-state index contributed by atoms with van der Waals surface area (Å²) in [7, 11) is 0. The molecule has 2 N–H and O–H groups in total. The molecule has 1 amide bonds. The predicted molar refractivity (Wildman–Crippen MR) is 82.5 cm³/mol. The number of anilines is 1. The minimum absolute atomic E-state index is 0.219. The summed E-state index contributed by atoms with van der Waals surface area (Å²) >= 11 is 0. The Morgan fingerprint density at radius 3 is 2.57 bits per heavy atom. The topological polar surface area (TPSA) is 55.8 Å². The van der Waals surface area contributed by atoms with Crippen LogP contribution in [0.3, 0.4) is 0 Å². The quantitative estimate of drug-likeness (QED) is 0.858. The second-order valence-corrected chi connectivity index (χ2v) is 6.13. The first-order valence-corrected chi connectivity index (χ1v) is 7.67. The number of carbonyl (C=O) groups is 1. The molecular formula is C16H23N3O2. The normalized spacial score (nSPS) is 26.1. The van der Waals surface area contributed by atoms with E-state index < -0.39 is 0 Å². The van der Waals surface area contributed by atoms with E-state index in [1.807, 2.05) is 30.0 Å². The molecule has 2 aliphatic heterocycles. The lowest BCUT2D eigenvalue weighted by Crippen LogP contribution is -2.58. The van der Waals surface area contributed by atoms with Gasteiger partial charge in [-0.2, -0.15) is 0 Å². The maximum atomic E-state index is 12.6. The lowest BCUT2D eigenvalue weighted by molar-refractivity contribution is -0.137. The Morgan fingerprint density at radius 2 is 1.95 bits per heavy atom. The van der Waals surface area contributed by atoms with E-state index in [4.69, 9.17) is 0 Å². The first-order valence-electron chi connectivity index (χ1n) is 7.67. The van der Waals surface area contributed by atoms with E-state index in [9.17, 15) is 9.90 Å². The SMILES string of the molecule is CC1(C(=O)N2CCN(c3ccccc3O)CC2)CCCN1. The molecule has 0 radical (unpaired) electrons. The first-order chi connectivity index (χ1) is 10.1. The lowest BCUT2D eigenvalue weighted by atomic mass is 9.98. The molecule has 0 spiro atoms. The zero-order valence-electron chi connectivity index (χ0n) is 12.5. The van der Waals surface area contributed by atoms with Gasteiger partial charge >= 0.3 is 0 Å². The summed E-state index contributed by atoms with van der Waals surface area (Å²) in [5.41, 5.74) is 0.478. The number of aromatic hydroxyl groups is 1. The summed E-state index contributed by atoms with van der Waals surface area (Å²) in [5.74, 6) is 0.527. The molecule has 2 fully saturated rings. The highest BCUT2D eigenvalue weighted by atomic mass is 16.3. The molecule has 2 heterocycles. The summed E-state index contributed by atoms with van der Waals surface area (Å²) < 4.78 is 0. The van der Waals surface area contributed by atoms with E-state index in [0.29, 0.717) is 18.8 Å². The number of nitrogens with one attached hydrogen (secondary N) is 1. The molecule has 1 aromatic carbocycles. The van der Waals surface area contributed by atoms with Crippen molar-refractivity contribution in [3.63, 3.8) is 0 Å². The van der Waals surface area contributed by atoms with Crippen LogP contribution in [0.4, 0.5) is 5.69 Å². The maximum absolute atomic E-state index is 12.6. The molecule has 1 atom stereocenters. The molecule has 2 saturated heterocycles. The smallest absolute Gasteiger partial charge is 0.242 e. The lowest BCUT2D eigenvalue weighted by Gasteiger charge is -2.39. The highest BCUT2D eigenvalue weighted by Crippen LogP contribution is 2.28. The third kappa shape index (κ3) is 2.70. The molecule has 0 aliphatic carbocycles. The fourth-order valence-corrected chi connectivity index (χ4v) is 3.31. The van der Waals surface area contributed by atoms with Crippen molar-refractivity contribution in [2.45, 2.75) is 25.3 Å². The Morgan fingerprint density at radius 1 is 1.24 bits per heavy atom. The molecule has 0 bridgehead atoms. The maximum Gasteiger partial charge on any atom is 0.242 e. The fourth-order valence-electron chi connectivity index (χ4n) is 3.31. The molecule has 1 unspecified atom stereocenters. The minimum Gasteiger partial charge on any atom is -0.506 e. The van der Waals surface area contributed by atoms with Gasteiger partial charge in [-0.3, -0.25) is 4.79 Å². The number of hydrogen-bond acceptors (Lipinski definition) is 4. The van der Waals surface area contributed by atoms with Crippen LogP contribution >= 0.6 is 0 Å². The van der Waals surface area contributed by atoms with Crippen LogP contribution < -0.4 is 10.2 Å². The summed E-state index contributed by atoms with van der Waals surface area (Å²) in [6.45, 7) is 5.89. The number of amides is 1. The first kappa shape index (κ1) is 14.2. The van der Waals surface area contributed by atoms with Gasteiger partial charge in [0.2, 0.25) is 5.91 Å². The second-order valence-electron chi connectivity index (χ2n) is 6.13. The van der Waals surface area contributed by atoms with Crippen molar-refractivity contribution in [3.05, 3.63) is 24.3 Å². The number of benzene rings is 1. The van der Waals surface area contributed by atoms with Crippen LogP contribution in [0.15, 0.2) is 24.3 Å². The van der Waals surface area contributed by atoms with Gasteiger partial charge in [-0.25, -0.2) is 0 Å². The summed E-state index contributed by atoms with van der Waals surface area (Å²) in [6, 6.07) is 7.38. The van der Waals surface area contributed by atoms with Gasteiger partial charge in [-0.1, -0.05) is 12.1 Å². The second kappa shape index (κ2) is 5.56. The fraction of sp³-hybridized carbons (Fsp3) is 0.562. The van der Waals surface area contributed by atoms with E-state index in [-0.39, 0.29) is 11.4 Å². The zero-order chi connectivity index (χ0) is 14.9. The van der Waals surface area contributed by atoms with Crippen molar-refractivity contribution >= 4 is 11.6 Å². The largest absolute Gasteiger partial charge is 0.506 e. The van der Waals surface area contributed by atoms with Gasteiger partial charge in [0.05, 0.1) is 11.2 Å². The van der Waals surface area contributed by atoms with Crippen molar-refractivity contribution in [2.75, 3.05) is 37.6 Å². The van der Waals surface area contributed by atoms with Crippen molar-refractivity contribution in [1.82, 2.24) is 10.2 Å². The molecule has 21 heavy (non-hydrogen) atoms. The van der Waals surface area contributed by atoms with Crippen LogP contribution in [-0.4, -0.2) is 54.2 Å². The monoisotopic (exact) mass is 289 g/mol. The average molecular weight is 289 g/mol. The van der Waals surface area contributed by atoms with Crippen LogP contribution in [-0.2, 0) is 4.79 Å². The van der Waals surface area contributed by atoms with Crippen molar-refractivity contribution in [3.8, 4) is 5.75 Å². The molecule has 5 heteroatoms. The number of para-hydroxylation sites is 2. The zero-order valence-corrected chi connectivity index (χ0v) is 12.5. The Balaban J connectivity index is 1.63. The third-order valence-electron chi connectivity index (χ3n) is 4.63. The average Bonchev–Trinajstić information content (AvgIpc) is 2.95. The predicted octanol–water partition coefficient (Wildman–Crippen LogP) is 1.18. The number of piperazine rings is 1. The third-order valence-corrected chi connectivity index (χ3v) is 4.63. The Kier molecular flexibility index (Phi) is 3.76. The number of nitrogens with zero attached hydrogens (tertiary/aromatic N) is 2.